The van der Waals surface area contributed by atoms with Crippen LogP contribution in [0.3, 0.4) is 0 Å². The molecule has 5 nitrogen and oxygen atoms in total. The van der Waals surface area contributed by atoms with E-state index in [0.717, 1.165) is 16.7 Å². The van der Waals surface area contributed by atoms with Gasteiger partial charge in [0, 0.05) is 16.2 Å². The fourth-order valence-corrected chi connectivity index (χ4v) is 1.91. The first kappa shape index (κ1) is 16.2. The molecule has 0 unspecified atom stereocenters. The molecule has 0 aliphatic heterocycles. The highest BCUT2D eigenvalue weighted by atomic mass is 79.9. The van der Waals surface area contributed by atoms with E-state index in [0.29, 0.717) is 11.3 Å². The first-order valence-corrected chi connectivity index (χ1v) is 6.72. The molecule has 116 valence electrons. The van der Waals surface area contributed by atoms with Gasteiger partial charge < -0.3 is 4.74 Å². The van der Waals surface area contributed by atoms with Crippen molar-refractivity contribution in [1.82, 2.24) is 9.97 Å². The molecule has 22 heavy (non-hydrogen) atoms. The summed E-state index contributed by atoms with van der Waals surface area (Å²) in [4.78, 5) is 7.00. The van der Waals surface area contributed by atoms with E-state index in [2.05, 4.69) is 36.4 Å². The van der Waals surface area contributed by atoms with Crippen LogP contribution >= 0.6 is 15.9 Å². The third-order valence-electron chi connectivity index (χ3n) is 2.51. The summed E-state index contributed by atoms with van der Waals surface area (Å²) in [5, 5.41) is 3.82. The van der Waals surface area contributed by atoms with Gasteiger partial charge in [0.25, 0.3) is 0 Å². The highest BCUT2D eigenvalue weighted by Gasteiger charge is 2.32. The summed E-state index contributed by atoms with van der Waals surface area (Å²) >= 11 is 3.31. The van der Waals surface area contributed by atoms with Crippen LogP contribution in [0.5, 0.6) is 5.75 Å². The lowest BCUT2D eigenvalue weighted by Crippen LogP contribution is -2.10. The zero-order valence-corrected chi connectivity index (χ0v) is 12.8. The van der Waals surface area contributed by atoms with Crippen LogP contribution in [0.15, 0.2) is 40.0 Å². The van der Waals surface area contributed by atoms with Crippen LogP contribution in [0, 0.1) is 0 Å². The molecule has 0 amide bonds. The first-order chi connectivity index (χ1) is 10.4. The second-order valence-electron chi connectivity index (χ2n) is 4.02. The molecule has 0 atom stereocenters. The average molecular weight is 375 g/mol. The molecule has 0 radical (unpaired) electrons. The molecule has 1 N–H and O–H groups in total. The Morgan fingerprint density at radius 3 is 2.77 bits per heavy atom. The number of alkyl halides is 3. The quantitative estimate of drug-likeness (QED) is 0.654. The van der Waals surface area contributed by atoms with Crippen molar-refractivity contribution in [2.24, 2.45) is 5.10 Å². The minimum absolute atomic E-state index is 0.250. The van der Waals surface area contributed by atoms with Crippen LogP contribution in [0.2, 0.25) is 0 Å². The lowest BCUT2D eigenvalue weighted by Gasteiger charge is -2.06. The van der Waals surface area contributed by atoms with Crippen LogP contribution in [-0.4, -0.2) is 23.3 Å². The van der Waals surface area contributed by atoms with Gasteiger partial charge in [0.2, 0.25) is 5.95 Å². The SMILES string of the molecule is COc1ccc(Br)cc1/C=N/Nc1nccc(C(F)(F)F)n1. The molecular formula is C13H10BrF3N4O. The van der Waals surface area contributed by atoms with E-state index in [1.54, 1.807) is 18.2 Å². The molecule has 0 fully saturated rings. The lowest BCUT2D eigenvalue weighted by atomic mass is 10.2. The van der Waals surface area contributed by atoms with Gasteiger partial charge >= 0.3 is 6.18 Å². The fraction of sp³-hybridized carbons (Fsp3) is 0.154. The summed E-state index contributed by atoms with van der Waals surface area (Å²) in [5.74, 6) is 0.318. The van der Waals surface area contributed by atoms with Crippen LogP contribution < -0.4 is 10.2 Å². The summed E-state index contributed by atoms with van der Waals surface area (Å²) in [6, 6.07) is 6.05. The van der Waals surface area contributed by atoms with Crippen molar-refractivity contribution in [2.75, 3.05) is 12.5 Å². The standard InChI is InChI=1S/C13H10BrF3N4O/c1-22-10-3-2-9(14)6-8(10)7-19-21-12-18-5-4-11(20-12)13(15,16)17/h2-7H,1H3,(H,18,20,21)/b19-7+. The topological polar surface area (TPSA) is 59.4 Å². The largest absolute Gasteiger partial charge is 0.496 e. The number of ether oxygens (including phenoxy) is 1. The number of halogens is 4. The summed E-state index contributed by atoms with van der Waals surface area (Å²) < 4.78 is 43.5. The van der Waals surface area contributed by atoms with E-state index in [-0.39, 0.29) is 5.95 Å². The maximum Gasteiger partial charge on any atom is 0.433 e. The first-order valence-electron chi connectivity index (χ1n) is 5.93. The summed E-state index contributed by atoms with van der Waals surface area (Å²) in [6.45, 7) is 0. The van der Waals surface area contributed by atoms with Gasteiger partial charge in [-0.25, -0.2) is 15.4 Å². The molecule has 2 aromatic rings. The predicted octanol–water partition coefficient (Wildman–Crippen LogP) is 3.71. The number of anilines is 1. The van der Waals surface area contributed by atoms with Gasteiger partial charge in [0.05, 0.1) is 13.3 Å². The van der Waals surface area contributed by atoms with Crippen molar-refractivity contribution in [3.8, 4) is 5.75 Å². The van der Waals surface area contributed by atoms with Crippen LogP contribution in [0.25, 0.3) is 0 Å². The van der Waals surface area contributed by atoms with Gasteiger partial charge in [-0.2, -0.15) is 18.3 Å². The maximum atomic E-state index is 12.5. The molecular weight excluding hydrogens is 365 g/mol. The van der Waals surface area contributed by atoms with Gasteiger partial charge in [0.1, 0.15) is 11.4 Å². The number of benzene rings is 1. The molecule has 1 aromatic carbocycles. The Hall–Kier alpha value is -2.16. The van der Waals surface area contributed by atoms with E-state index in [4.69, 9.17) is 4.74 Å². The Morgan fingerprint density at radius 2 is 2.09 bits per heavy atom. The number of methoxy groups -OCH3 is 1. The van der Waals surface area contributed by atoms with Crippen molar-refractivity contribution in [2.45, 2.75) is 6.18 Å². The number of nitrogens with one attached hydrogen (secondary N) is 1. The highest BCUT2D eigenvalue weighted by Crippen LogP contribution is 2.27. The molecule has 0 aliphatic rings. The predicted molar refractivity (Wildman–Crippen MR) is 78.9 cm³/mol. The highest BCUT2D eigenvalue weighted by molar-refractivity contribution is 9.10. The molecule has 9 heteroatoms. The van der Waals surface area contributed by atoms with E-state index in [9.17, 15) is 13.2 Å². The third-order valence-corrected chi connectivity index (χ3v) is 3.00. The van der Waals surface area contributed by atoms with E-state index >= 15 is 0 Å². The van der Waals surface area contributed by atoms with Crippen molar-refractivity contribution < 1.29 is 17.9 Å². The number of rotatable bonds is 4. The number of hydrogen-bond donors (Lipinski definition) is 1. The Kier molecular flexibility index (Phi) is 4.96. The maximum absolute atomic E-state index is 12.5. The summed E-state index contributed by atoms with van der Waals surface area (Å²) in [6.07, 6.45) is -2.13. The van der Waals surface area contributed by atoms with Crippen LogP contribution in [0.4, 0.5) is 19.1 Å². The summed E-state index contributed by atoms with van der Waals surface area (Å²) in [7, 11) is 1.50. The van der Waals surface area contributed by atoms with Crippen LogP contribution in [-0.2, 0) is 6.18 Å². The van der Waals surface area contributed by atoms with E-state index in [1.807, 2.05) is 0 Å². The molecule has 0 bridgehead atoms. The van der Waals surface area contributed by atoms with Crippen molar-refractivity contribution >= 4 is 28.1 Å². The van der Waals surface area contributed by atoms with Gasteiger partial charge in [-0.3, -0.25) is 0 Å². The van der Waals surface area contributed by atoms with Crippen molar-refractivity contribution in [1.29, 1.82) is 0 Å². The van der Waals surface area contributed by atoms with Gasteiger partial charge in [0.15, 0.2) is 0 Å². The van der Waals surface area contributed by atoms with E-state index < -0.39 is 11.9 Å². The Labute approximate surface area is 132 Å². The second kappa shape index (κ2) is 6.73. The smallest absolute Gasteiger partial charge is 0.433 e. The average Bonchev–Trinajstić information content (AvgIpc) is 2.47. The zero-order chi connectivity index (χ0) is 16.2. The number of aromatic nitrogens is 2. The van der Waals surface area contributed by atoms with Gasteiger partial charge in [-0.15, -0.1) is 0 Å². The number of hydrazone groups is 1. The molecule has 0 aliphatic carbocycles. The van der Waals surface area contributed by atoms with E-state index in [1.165, 1.54) is 13.3 Å². The zero-order valence-electron chi connectivity index (χ0n) is 11.2. The molecule has 0 saturated carbocycles. The van der Waals surface area contributed by atoms with Crippen molar-refractivity contribution in [3.05, 3.63) is 46.2 Å². The minimum atomic E-state index is -4.53. The minimum Gasteiger partial charge on any atom is -0.496 e. The molecule has 0 spiro atoms. The molecule has 0 saturated heterocycles. The lowest BCUT2D eigenvalue weighted by molar-refractivity contribution is -0.141. The van der Waals surface area contributed by atoms with Crippen LogP contribution in [0.1, 0.15) is 11.3 Å². The fourth-order valence-electron chi connectivity index (χ4n) is 1.54. The molecule has 1 aromatic heterocycles. The monoisotopic (exact) mass is 374 g/mol. The Morgan fingerprint density at radius 1 is 1.32 bits per heavy atom. The van der Waals surface area contributed by atoms with Gasteiger partial charge in [-0.1, -0.05) is 15.9 Å². The number of nitrogens with zero attached hydrogens (tertiary/aromatic N) is 3. The molecule has 1 heterocycles. The Balaban J connectivity index is 2.15. The Bertz CT molecular complexity index is 691. The summed E-state index contributed by atoms with van der Waals surface area (Å²) in [5.41, 5.74) is 1.95. The van der Waals surface area contributed by atoms with Gasteiger partial charge in [-0.05, 0) is 24.3 Å². The molecule has 2 rings (SSSR count). The van der Waals surface area contributed by atoms with Crippen molar-refractivity contribution in [3.63, 3.8) is 0 Å². The third kappa shape index (κ3) is 4.17. The number of hydrogen-bond acceptors (Lipinski definition) is 5. The second-order valence-corrected chi connectivity index (χ2v) is 4.94. The normalized spacial score (nSPS) is 11.7.